The first-order valence-corrected chi connectivity index (χ1v) is 5.01. The molecule has 14 heavy (non-hydrogen) atoms. The summed E-state index contributed by atoms with van der Waals surface area (Å²) in [5.74, 6) is 0. The minimum atomic E-state index is -0.0642. The fourth-order valence-electron chi connectivity index (χ4n) is 1.12. The van der Waals surface area contributed by atoms with Gasteiger partial charge in [-0.2, -0.15) is 5.26 Å². The number of nitrogens with one attached hydrogen (secondary N) is 1. The lowest BCUT2D eigenvalue weighted by molar-refractivity contribution is 0.587. The molecule has 0 aliphatic carbocycles. The van der Waals surface area contributed by atoms with E-state index in [1.807, 2.05) is 31.2 Å². The van der Waals surface area contributed by atoms with Gasteiger partial charge in [-0.05, 0) is 24.1 Å². The SMILES string of the molecule is CCC(C#N)NCc1ccc(Cl)cc1. The van der Waals surface area contributed by atoms with Crippen molar-refractivity contribution in [1.82, 2.24) is 5.32 Å². The third-order valence-corrected chi connectivity index (χ3v) is 2.28. The number of halogens is 1. The summed E-state index contributed by atoms with van der Waals surface area (Å²) < 4.78 is 0. The second-order valence-corrected chi connectivity index (χ2v) is 3.53. The Balaban J connectivity index is 2.46. The van der Waals surface area contributed by atoms with Gasteiger partial charge < -0.3 is 0 Å². The Morgan fingerprint density at radius 1 is 1.43 bits per heavy atom. The molecule has 0 radical (unpaired) electrons. The van der Waals surface area contributed by atoms with Crippen LogP contribution in [0, 0.1) is 11.3 Å². The van der Waals surface area contributed by atoms with E-state index in [4.69, 9.17) is 16.9 Å². The molecule has 3 heteroatoms. The van der Waals surface area contributed by atoms with Crippen molar-refractivity contribution < 1.29 is 0 Å². The molecule has 2 nitrogen and oxygen atoms in total. The summed E-state index contributed by atoms with van der Waals surface area (Å²) in [7, 11) is 0. The number of nitriles is 1. The average Bonchev–Trinajstić information content (AvgIpc) is 2.22. The van der Waals surface area contributed by atoms with Crippen molar-refractivity contribution in [2.75, 3.05) is 0 Å². The van der Waals surface area contributed by atoms with E-state index in [-0.39, 0.29) is 6.04 Å². The van der Waals surface area contributed by atoms with Crippen LogP contribution in [-0.2, 0) is 6.54 Å². The Morgan fingerprint density at radius 3 is 2.57 bits per heavy atom. The van der Waals surface area contributed by atoms with Crippen LogP contribution in [0.15, 0.2) is 24.3 Å². The van der Waals surface area contributed by atoms with Gasteiger partial charge in [0.05, 0.1) is 12.1 Å². The zero-order valence-electron chi connectivity index (χ0n) is 8.13. The maximum absolute atomic E-state index is 8.71. The van der Waals surface area contributed by atoms with Crippen molar-refractivity contribution in [2.45, 2.75) is 25.9 Å². The van der Waals surface area contributed by atoms with E-state index in [2.05, 4.69) is 11.4 Å². The van der Waals surface area contributed by atoms with Crippen LogP contribution < -0.4 is 5.32 Å². The third-order valence-electron chi connectivity index (χ3n) is 2.03. The van der Waals surface area contributed by atoms with Crippen LogP contribution in [0.1, 0.15) is 18.9 Å². The van der Waals surface area contributed by atoms with E-state index in [1.165, 1.54) is 0 Å². The fourth-order valence-corrected chi connectivity index (χ4v) is 1.25. The van der Waals surface area contributed by atoms with Crippen LogP contribution in [0.2, 0.25) is 5.02 Å². The maximum atomic E-state index is 8.71. The van der Waals surface area contributed by atoms with Gasteiger partial charge in [-0.25, -0.2) is 0 Å². The molecular formula is C11H13ClN2. The van der Waals surface area contributed by atoms with Gasteiger partial charge >= 0.3 is 0 Å². The van der Waals surface area contributed by atoms with Crippen LogP contribution in [-0.4, -0.2) is 6.04 Å². The summed E-state index contributed by atoms with van der Waals surface area (Å²) in [6.45, 7) is 2.70. The molecule has 0 bridgehead atoms. The van der Waals surface area contributed by atoms with Gasteiger partial charge in [0, 0.05) is 11.6 Å². The van der Waals surface area contributed by atoms with Gasteiger partial charge in [0.2, 0.25) is 0 Å². The summed E-state index contributed by atoms with van der Waals surface area (Å²) in [4.78, 5) is 0. The molecule has 1 unspecified atom stereocenters. The van der Waals surface area contributed by atoms with E-state index in [0.29, 0.717) is 6.54 Å². The Bertz CT molecular complexity index is 313. The molecule has 1 aromatic carbocycles. The molecule has 74 valence electrons. The highest BCUT2D eigenvalue weighted by atomic mass is 35.5. The zero-order chi connectivity index (χ0) is 10.4. The van der Waals surface area contributed by atoms with Crippen molar-refractivity contribution in [3.05, 3.63) is 34.9 Å². The first-order chi connectivity index (χ1) is 6.76. The monoisotopic (exact) mass is 208 g/mol. The predicted molar refractivity (Wildman–Crippen MR) is 58.0 cm³/mol. The molecule has 0 spiro atoms. The average molecular weight is 209 g/mol. The number of rotatable bonds is 4. The second kappa shape index (κ2) is 5.64. The minimum Gasteiger partial charge on any atom is -0.298 e. The molecule has 1 aromatic rings. The zero-order valence-corrected chi connectivity index (χ0v) is 8.88. The lowest BCUT2D eigenvalue weighted by Crippen LogP contribution is -2.25. The molecule has 0 saturated carbocycles. The molecule has 0 fully saturated rings. The van der Waals surface area contributed by atoms with Gasteiger partial charge in [-0.3, -0.25) is 5.32 Å². The molecule has 0 saturated heterocycles. The van der Waals surface area contributed by atoms with E-state index in [1.54, 1.807) is 0 Å². The second-order valence-electron chi connectivity index (χ2n) is 3.10. The molecule has 1 N–H and O–H groups in total. The summed E-state index contributed by atoms with van der Waals surface area (Å²) in [6, 6.07) is 9.75. The summed E-state index contributed by atoms with van der Waals surface area (Å²) in [5, 5.41) is 12.6. The summed E-state index contributed by atoms with van der Waals surface area (Å²) in [6.07, 6.45) is 0.824. The van der Waals surface area contributed by atoms with Crippen molar-refractivity contribution in [1.29, 1.82) is 5.26 Å². The van der Waals surface area contributed by atoms with Crippen LogP contribution in [0.4, 0.5) is 0 Å². The highest BCUT2D eigenvalue weighted by molar-refractivity contribution is 6.30. The lowest BCUT2D eigenvalue weighted by Gasteiger charge is -2.08. The van der Waals surface area contributed by atoms with Gasteiger partial charge in [0.1, 0.15) is 0 Å². The van der Waals surface area contributed by atoms with Crippen molar-refractivity contribution >= 4 is 11.6 Å². The molecule has 0 aromatic heterocycles. The maximum Gasteiger partial charge on any atom is 0.0952 e. The largest absolute Gasteiger partial charge is 0.298 e. The Morgan fingerprint density at radius 2 is 2.07 bits per heavy atom. The number of benzene rings is 1. The molecule has 1 rings (SSSR count). The normalized spacial score (nSPS) is 12.1. The molecule has 0 aliphatic rings. The standard InChI is InChI=1S/C11H13ClN2/c1-2-11(7-13)14-8-9-3-5-10(12)6-4-9/h3-6,11,14H,2,8H2,1H3. The first-order valence-electron chi connectivity index (χ1n) is 4.63. The lowest BCUT2D eigenvalue weighted by atomic mass is 10.2. The van der Waals surface area contributed by atoms with E-state index < -0.39 is 0 Å². The molecule has 0 amide bonds. The Labute approximate surface area is 89.5 Å². The molecule has 1 atom stereocenters. The highest BCUT2D eigenvalue weighted by Crippen LogP contribution is 2.09. The quantitative estimate of drug-likeness (QED) is 0.826. The summed E-state index contributed by atoms with van der Waals surface area (Å²) in [5.41, 5.74) is 1.14. The molecule has 0 heterocycles. The van der Waals surface area contributed by atoms with Gasteiger partial charge in [0.25, 0.3) is 0 Å². The van der Waals surface area contributed by atoms with Crippen LogP contribution in [0.3, 0.4) is 0 Å². The minimum absolute atomic E-state index is 0.0642. The van der Waals surface area contributed by atoms with Crippen LogP contribution in [0.25, 0.3) is 0 Å². The predicted octanol–water partition coefficient (Wildman–Crippen LogP) is 2.73. The van der Waals surface area contributed by atoms with E-state index in [9.17, 15) is 0 Å². The van der Waals surface area contributed by atoms with Crippen LogP contribution >= 0.6 is 11.6 Å². The van der Waals surface area contributed by atoms with Gasteiger partial charge in [-0.15, -0.1) is 0 Å². The van der Waals surface area contributed by atoms with Gasteiger partial charge in [-0.1, -0.05) is 30.7 Å². The van der Waals surface area contributed by atoms with Crippen molar-refractivity contribution in [3.63, 3.8) is 0 Å². The van der Waals surface area contributed by atoms with Crippen molar-refractivity contribution in [3.8, 4) is 6.07 Å². The summed E-state index contributed by atoms with van der Waals surface area (Å²) >= 11 is 5.76. The van der Waals surface area contributed by atoms with Crippen molar-refractivity contribution in [2.24, 2.45) is 0 Å². The Kier molecular flexibility index (Phi) is 4.45. The topological polar surface area (TPSA) is 35.8 Å². The Hall–Kier alpha value is -1.04. The highest BCUT2D eigenvalue weighted by Gasteiger charge is 2.02. The number of hydrogen-bond acceptors (Lipinski definition) is 2. The fraction of sp³-hybridized carbons (Fsp3) is 0.364. The third kappa shape index (κ3) is 3.37. The number of nitrogens with zero attached hydrogens (tertiary/aromatic N) is 1. The van der Waals surface area contributed by atoms with E-state index >= 15 is 0 Å². The molecule has 0 aliphatic heterocycles. The first kappa shape index (κ1) is 11.0. The van der Waals surface area contributed by atoms with Gasteiger partial charge in [0.15, 0.2) is 0 Å². The molecular weight excluding hydrogens is 196 g/mol. The van der Waals surface area contributed by atoms with Crippen LogP contribution in [0.5, 0.6) is 0 Å². The smallest absolute Gasteiger partial charge is 0.0952 e. The number of hydrogen-bond donors (Lipinski definition) is 1. The van der Waals surface area contributed by atoms with E-state index in [0.717, 1.165) is 17.0 Å².